The predicted octanol–water partition coefficient (Wildman–Crippen LogP) is 2.03. The van der Waals surface area contributed by atoms with Crippen molar-refractivity contribution in [1.82, 2.24) is 9.78 Å². The number of carbonyl (C=O) groups is 2. The molecular weight excluding hydrogens is 270 g/mol. The van der Waals surface area contributed by atoms with Gasteiger partial charge in [-0.05, 0) is 37.6 Å². The lowest BCUT2D eigenvalue weighted by molar-refractivity contribution is -0.142. The summed E-state index contributed by atoms with van der Waals surface area (Å²) in [5.41, 5.74) is 0.759. The molecule has 2 N–H and O–H groups in total. The minimum atomic E-state index is -0.968. The molecule has 0 saturated carbocycles. The molecule has 2 aromatic rings. The highest BCUT2D eigenvalue weighted by atomic mass is 16.4. The monoisotopic (exact) mass is 287 g/mol. The number of amides is 1. The van der Waals surface area contributed by atoms with Gasteiger partial charge in [0.25, 0.3) is 5.91 Å². The van der Waals surface area contributed by atoms with Crippen LogP contribution in [0, 0.1) is 0 Å². The van der Waals surface area contributed by atoms with Gasteiger partial charge in [0.15, 0.2) is 0 Å². The molecular formula is C15H17N3O3. The minimum absolute atomic E-state index is 0.264. The maximum absolute atomic E-state index is 12.0. The van der Waals surface area contributed by atoms with Gasteiger partial charge in [0, 0.05) is 18.9 Å². The van der Waals surface area contributed by atoms with Crippen molar-refractivity contribution >= 4 is 17.6 Å². The SMILES string of the molecule is Cn1nccc1C(=O)Nc1ccc(C(C)(C)C(=O)O)cc1. The largest absolute Gasteiger partial charge is 0.481 e. The third-order valence-corrected chi connectivity index (χ3v) is 3.45. The smallest absolute Gasteiger partial charge is 0.313 e. The molecule has 0 atom stereocenters. The van der Waals surface area contributed by atoms with Gasteiger partial charge in [0.05, 0.1) is 5.41 Å². The molecule has 1 aromatic heterocycles. The average Bonchev–Trinajstić information content (AvgIpc) is 2.85. The number of hydrogen-bond donors (Lipinski definition) is 2. The molecule has 0 unspecified atom stereocenters. The highest BCUT2D eigenvalue weighted by molar-refractivity contribution is 6.03. The van der Waals surface area contributed by atoms with E-state index in [0.717, 1.165) is 0 Å². The van der Waals surface area contributed by atoms with E-state index < -0.39 is 11.4 Å². The molecule has 2 rings (SSSR count). The third kappa shape index (κ3) is 2.94. The fourth-order valence-electron chi connectivity index (χ4n) is 1.89. The van der Waals surface area contributed by atoms with Gasteiger partial charge < -0.3 is 10.4 Å². The molecule has 0 fully saturated rings. The van der Waals surface area contributed by atoms with Crippen LogP contribution in [-0.4, -0.2) is 26.8 Å². The number of aliphatic carboxylic acids is 1. The fraction of sp³-hybridized carbons (Fsp3) is 0.267. The molecule has 0 radical (unpaired) electrons. The van der Waals surface area contributed by atoms with Crippen LogP contribution in [0.1, 0.15) is 29.9 Å². The second-order valence-corrected chi connectivity index (χ2v) is 5.30. The maximum atomic E-state index is 12.0. The highest BCUT2D eigenvalue weighted by Crippen LogP contribution is 2.24. The van der Waals surface area contributed by atoms with Crippen molar-refractivity contribution in [3.8, 4) is 0 Å². The zero-order valence-electron chi connectivity index (χ0n) is 12.1. The summed E-state index contributed by atoms with van der Waals surface area (Å²) in [6.07, 6.45) is 1.55. The molecule has 0 spiro atoms. The van der Waals surface area contributed by atoms with Crippen LogP contribution in [0.25, 0.3) is 0 Å². The zero-order valence-corrected chi connectivity index (χ0v) is 12.1. The summed E-state index contributed by atoms with van der Waals surface area (Å²) in [4.78, 5) is 23.2. The Labute approximate surface area is 122 Å². The summed E-state index contributed by atoms with van der Waals surface area (Å²) >= 11 is 0. The van der Waals surface area contributed by atoms with E-state index in [4.69, 9.17) is 0 Å². The van der Waals surface area contributed by atoms with Gasteiger partial charge in [0.1, 0.15) is 5.69 Å². The van der Waals surface area contributed by atoms with Gasteiger partial charge >= 0.3 is 5.97 Å². The van der Waals surface area contributed by atoms with Crippen molar-refractivity contribution < 1.29 is 14.7 Å². The summed E-state index contributed by atoms with van der Waals surface area (Å²) in [5, 5.41) is 15.9. The van der Waals surface area contributed by atoms with Gasteiger partial charge in [-0.1, -0.05) is 12.1 Å². The van der Waals surface area contributed by atoms with Crippen LogP contribution >= 0.6 is 0 Å². The zero-order chi connectivity index (χ0) is 15.6. The molecule has 0 aliphatic rings. The van der Waals surface area contributed by atoms with E-state index in [1.807, 2.05) is 0 Å². The summed E-state index contributed by atoms with van der Waals surface area (Å²) < 4.78 is 1.48. The van der Waals surface area contributed by atoms with Gasteiger partial charge in [-0.25, -0.2) is 0 Å². The number of benzene rings is 1. The molecule has 21 heavy (non-hydrogen) atoms. The van der Waals surface area contributed by atoms with Crippen molar-refractivity contribution in [2.24, 2.45) is 7.05 Å². The lowest BCUT2D eigenvalue weighted by atomic mass is 9.85. The molecule has 6 heteroatoms. The third-order valence-electron chi connectivity index (χ3n) is 3.45. The molecule has 0 aliphatic carbocycles. The van der Waals surface area contributed by atoms with Gasteiger partial charge in [-0.3, -0.25) is 14.3 Å². The Morgan fingerprint density at radius 1 is 1.19 bits per heavy atom. The first-order chi connectivity index (χ1) is 9.82. The number of aryl methyl sites for hydroxylation is 1. The Morgan fingerprint density at radius 3 is 2.29 bits per heavy atom. The Kier molecular flexibility index (Phi) is 3.80. The van der Waals surface area contributed by atoms with Crippen LogP contribution < -0.4 is 5.32 Å². The second-order valence-electron chi connectivity index (χ2n) is 5.30. The first-order valence-electron chi connectivity index (χ1n) is 6.45. The van der Waals surface area contributed by atoms with Gasteiger partial charge in [0.2, 0.25) is 0 Å². The first kappa shape index (κ1) is 14.8. The van der Waals surface area contributed by atoms with Crippen LogP contribution in [0.2, 0.25) is 0 Å². The van der Waals surface area contributed by atoms with E-state index in [1.165, 1.54) is 4.68 Å². The van der Waals surface area contributed by atoms with E-state index in [9.17, 15) is 14.7 Å². The number of nitrogens with zero attached hydrogens (tertiary/aromatic N) is 2. The van der Waals surface area contributed by atoms with E-state index in [1.54, 1.807) is 57.4 Å². The van der Waals surface area contributed by atoms with E-state index in [0.29, 0.717) is 16.9 Å². The molecule has 1 heterocycles. The number of nitrogens with one attached hydrogen (secondary N) is 1. The number of carbonyl (C=O) groups excluding carboxylic acids is 1. The van der Waals surface area contributed by atoms with Crippen molar-refractivity contribution in [2.75, 3.05) is 5.32 Å². The van der Waals surface area contributed by atoms with Crippen LogP contribution in [0.3, 0.4) is 0 Å². The van der Waals surface area contributed by atoms with E-state index >= 15 is 0 Å². The quantitative estimate of drug-likeness (QED) is 0.901. The number of hydrogen-bond acceptors (Lipinski definition) is 3. The number of carboxylic acid groups (broad SMARTS) is 1. The number of anilines is 1. The summed E-state index contributed by atoms with van der Waals surface area (Å²) in [6, 6.07) is 8.40. The molecule has 0 saturated heterocycles. The molecule has 0 bridgehead atoms. The van der Waals surface area contributed by atoms with Gasteiger partial charge in [-0.2, -0.15) is 5.10 Å². The normalized spacial score (nSPS) is 11.2. The maximum Gasteiger partial charge on any atom is 0.313 e. The Hall–Kier alpha value is -2.63. The fourth-order valence-corrected chi connectivity index (χ4v) is 1.89. The van der Waals surface area contributed by atoms with Crippen molar-refractivity contribution in [1.29, 1.82) is 0 Å². The van der Waals surface area contributed by atoms with Crippen molar-refractivity contribution in [2.45, 2.75) is 19.3 Å². The van der Waals surface area contributed by atoms with E-state index in [2.05, 4.69) is 10.4 Å². The number of aromatic nitrogens is 2. The molecule has 6 nitrogen and oxygen atoms in total. The van der Waals surface area contributed by atoms with Crippen molar-refractivity contribution in [3.05, 3.63) is 47.8 Å². The highest BCUT2D eigenvalue weighted by Gasteiger charge is 2.29. The summed E-state index contributed by atoms with van der Waals surface area (Å²) in [6.45, 7) is 3.27. The summed E-state index contributed by atoms with van der Waals surface area (Å²) in [7, 11) is 1.69. The molecule has 1 amide bonds. The van der Waals surface area contributed by atoms with Crippen molar-refractivity contribution in [3.63, 3.8) is 0 Å². The lowest BCUT2D eigenvalue weighted by Gasteiger charge is -2.19. The lowest BCUT2D eigenvalue weighted by Crippen LogP contribution is -2.28. The first-order valence-corrected chi connectivity index (χ1v) is 6.45. The standard InChI is InChI=1S/C15H17N3O3/c1-15(2,14(20)21)10-4-6-11(7-5-10)17-13(19)12-8-9-16-18(12)3/h4-9H,1-3H3,(H,17,19)(H,20,21). The van der Waals surface area contributed by atoms with Gasteiger partial charge in [-0.15, -0.1) is 0 Å². The number of carboxylic acids is 1. The Morgan fingerprint density at radius 2 is 1.81 bits per heavy atom. The Bertz CT molecular complexity index is 672. The second kappa shape index (κ2) is 5.40. The van der Waals surface area contributed by atoms with Crippen LogP contribution in [-0.2, 0) is 17.3 Å². The summed E-state index contributed by atoms with van der Waals surface area (Å²) in [5.74, 6) is -1.16. The average molecular weight is 287 g/mol. The number of rotatable bonds is 4. The Balaban J connectivity index is 2.15. The van der Waals surface area contributed by atoms with E-state index in [-0.39, 0.29) is 5.91 Å². The minimum Gasteiger partial charge on any atom is -0.481 e. The molecule has 1 aromatic carbocycles. The molecule has 110 valence electrons. The molecule has 0 aliphatic heterocycles. The van der Waals surface area contributed by atoms with Crippen LogP contribution in [0.5, 0.6) is 0 Å². The predicted molar refractivity (Wildman–Crippen MR) is 78.3 cm³/mol. The topological polar surface area (TPSA) is 84.2 Å². The van der Waals surface area contributed by atoms with Crippen LogP contribution in [0.4, 0.5) is 5.69 Å². The van der Waals surface area contributed by atoms with Crippen LogP contribution in [0.15, 0.2) is 36.5 Å².